The first-order chi connectivity index (χ1) is 13.1. The van der Waals surface area contributed by atoms with Gasteiger partial charge >= 0.3 is 11.9 Å². The van der Waals surface area contributed by atoms with Gasteiger partial charge in [-0.05, 0) is 63.1 Å². The van der Waals surface area contributed by atoms with Crippen molar-refractivity contribution in [2.45, 2.75) is 27.7 Å². The molecule has 0 amide bonds. The molecule has 0 aromatic heterocycles. The third-order valence-corrected chi connectivity index (χ3v) is 4.11. The molecule has 0 fully saturated rings. The van der Waals surface area contributed by atoms with Gasteiger partial charge in [-0.1, -0.05) is 23.2 Å². The molecule has 0 radical (unpaired) electrons. The maximum atomic E-state index is 13.0. The van der Waals surface area contributed by atoms with E-state index in [4.69, 9.17) is 32.7 Å². The van der Waals surface area contributed by atoms with E-state index in [9.17, 15) is 18.4 Å². The first-order valence-corrected chi connectivity index (χ1v) is 9.13. The van der Waals surface area contributed by atoms with E-state index in [1.54, 1.807) is 27.7 Å². The summed E-state index contributed by atoms with van der Waals surface area (Å²) in [6.07, 6.45) is 0. The van der Waals surface area contributed by atoms with Gasteiger partial charge in [-0.2, -0.15) is 0 Å². The summed E-state index contributed by atoms with van der Waals surface area (Å²) in [5.74, 6) is -1.91. The van der Waals surface area contributed by atoms with Crippen LogP contribution < -0.4 is 0 Å². The normalized spacial score (nSPS) is 10.0. The van der Waals surface area contributed by atoms with Crippen molar-refractivity contribution in [3.05, 3.63) is 68.2 Å². The summed E-state index contributed by atoms with van der Waals surface area (Å²) >= 11 is 11.4. The maximum Gasteiger partial charge on any atom is 0.339 e. The SMILES string of the molecule is CCOC(=O)c1cc(C)c(F)cc1Cl.CCOC(=O)c1cc(C)c(F)cc1Cl. The topological polar surface area (TPSA) is 52.6 Å². The summed E-state index contributed by atoms with van der Waals surface area (Å²) in [6.45, 7) is 7.06. The highest BCUT2D eigenvalue weighted by Gasteiger charge is 2.14. The molecule has 0 spiro atoms. The molecule has 28 heavy (non-hydrogen) atoms. The molecule has 0 aliphatic rings. The van der Waals surface area contributed by atoms with Crippen molar-refractivity contribution in [2.24, 2.45) is 0 Å². The van der Waals surface area contributed by atoms with Crippen LogP contribution in [0, 0.1) is 25.5 Å². The highest BCUT2D eigenvalue weighted by atomic mass is 35.5. The molecule has 4 nitrogen and oxygen atoms in total. The van der Waals surface area contributed by atoms with Crippen molar-refractivity contribution in [3.8, 4) is 0 Å². The van der Waals surface area contributed by atoms with E-state index in [2.05, 4.69) is 0 Å². The molecule has 8 heteroatoms. The summed E-state index contributed by atoms with van der Waals surface area (Å²) in [7, 11) is 0. The van der Waals surface area contributed by atoms with Crippen molar-refractivity contribution in [3.63, 3.8) is 0 Å². The predicted octanol–water partition coefficient (Wildman–Crippen LogP) is 5.93. The average molecular weight is 433 g/mol. The first kappa shape index (κ1) is 23.9. The molecule has 0 unspecified atom stereocenters. The summed E-state index contributed by atoms with van der Waals surface area (Å²) in [5, 5.41) is 0.151. The van der Waals surface area contributed by atoms with E-state index < -0.39 is 23.6 Å². The number of halogens is 4. The van der Waals surface area contributed by atoms with Gasteiger partial charge in [0.25, 0.3) is 0 Å². The third kappa shape index (κ3) is 6.46. The number of carbonyl (C=O) groups is 2. The Balaban J connectivity index is 0.000000280. The lowest BCUT2D eigenvalue weighted by Crippen LogP contribution is -2.06. The lowest BCUT2D eigenvalue weighted by Gasteiger charge is -2.05. The summed E-state index contributed by atoms with van der Waals surface area (Å²) < 4.78 is 35.5. The fourth-order valence-corrected chi connectivity index (χ4v) is 2.50. The van der Waals surface area contributed by atoms with E-state index in [1.807, 2.05) is 0 Å². The van der Waals surface area contributed by atoms with Crippen LogP contribution in [0.5, 0.6) is 0 Å². The molecular weight excluding hydrogens is 413 g/mol. The summed E-state index contributed by atoms with van der Waals surface area (Å²) in [4.78, 5) is 22.6. The molecule has 2 aromatic carbocycles. The van der Waals surface area contributed by atoms with Crippen molar-refractivity contribution in [2.75, 3.05) is 13.2 Å². The Kier molecular flexibility index (Phi) is 9.35. The molecular formula is C20H20Cl2F2O4. The van der Waals surface area contributed by atoms with Gasteiger partial charge in [0.15, 0.2) is 0 Å². The molecule has 0 atom stereocenters. The smallest absolute Gasteiger partial charge is 0.339 e. The quantitative estimate of drug-likeness (QED) is 0.561. The lowest BCUT2D eigenvalue weighted by atomic mass is 10.1. The highest BCUT2D eigenvalue weighted by molar-refractivity contribution is 6.34. The summed E-state index contributed by atoms with van der Waals surface area (Å²) in [6, 6.07) is 5.00. The Morgan fingerprint density at radius 3 is 1.39 bits per heavy atom. The molecule has 0 bridgehead atoms. The number of esters is 2. The summed E-state index contributed by atoms with van der Waals surface area (Å²) in [5.41, 5.74) is 1.15. The van der Waals surface area contributed by atoms with Crippen LogP contribution in [0.4, 0.5) is 8.78 Å². The molecule has 0 heterocycles. The van der Waals surface area contributed by atoms with E-state index >= 15 is 0 Å². The zero-order valence-electron chi connectivity index (χ0n) is 15.9. The molecule has 0 saturated heterocycles. The first-order valence-electron chi connectivity index (χ1n) is 8.37. The standard InChI is InChI=1S/2C10H10ClFO2/c2*1-3-14-10(13)7-4-6(2)9(12)5-8(7)11/h2*4-5H,3H2,1-2H3. The van der Waals surface area contributed by atoms with E-state index in [-0.39, 0.29) is 34.4 Å². The minimum atomic E-state index is -0.527. The fourth-order valence-electron chi connectivity index (χ4n) is 2.05. The second kappa shape index (κ2) is 11.0. The van der Waals surface area contributed by atoms with Crippen LogP contribution in [0.15, 0.2) is 24.3 Å². The van der Waals surface area contributed by atoms with Crippen LogP contribution >= 0.6 is 23.2 Å². The van der Waals surface area contributed by atoms with Crippen molar-refractivity contribution in [1.29, 1.82) is 0 Å². The van der Waals surface area contributed by atoms with Crippen molar-refractivity contribution >= 4 is 35.1 Å². The molecule has 0 saturated carbocycles. The van der Waals surface area contributed by atoms with Gasteiger partial charge in [-0.3, -0.25) is 0 Å². The van der Waals surface area contributed by atoms with Gasteiger partial charge in [0.05, 0.1) is 34.4 Å². The Labute approximate surface area is 172 Å². The molecule has 0 aliphatic heterocycles. The van der Waals surface area contributed by atoms with Crippen LogP contribution in [0.2, 0.25) is 10.0 Å². The zero-order valence-corrected chi connectivity index (χ0v) is 17.4. The third-order valence-electron chi connectivity index (χ3n) is 3.49. The molecule has 2 rings (SSSR count). The number of benzene rings is 2. The Bertz CT molecular complexity index is 798. The van der Waals surface area contributed by atoms with Crippen LogP contribution in [-0.2, 0) is 9.47 Å². The molecule has 152 valence electrons. The van der Waals surface area contributed by atoms with Gasteiger partial charge in [0.1, 0.15) is 11.6 Å². The minimum Gasteiger partial charge on any atom is -0.462 e. The van der Waals surface area contributed by atoms with Crippen molar-refractivity contribution < 1.29 is 27.8 Å². The van der Waals surface area contributed by atoms with Crippen LogP contribution in [0.3, 0.4) is 0 Å². The van der Waals surface area contributed by atoms with Gasteiger partial charge < -0.3 is 9.47 Å². The second-order valence-corrected chi connectivity index (χ2v) is 6.42. The van der Waals surface area contributed by atoms with E-state index in [0.29, 0.717) is 11.1 Å². The number of carbonyl (C=O) groups excluding carboxylic acids is 2. The lowest BCUT2D eigenvalue weighted by molar-refractivity contribution is 0.0516. The van der Waals surface area contributed by atoms with Crippen LogP contribution in [-0.4, -0.2) is 25.2 Å². The van der Waals surface area contributed by atoms with Gasteiger partial charge in [0.2, 0.25) is 0 Å². The zero-order chi connectivity index (χ0) is 21.4. The average Bonchev–Trinajstić information content (AvgIpc) is 2.62. The number of ether oxygens (including phenoxy) is 2. The number of hydrogen-bond donors (Lipinski definition) is 0. The molecule has 0 aliphatic carbocycles. The largest absolute Gasteiger partial charge is 0.462 e. The van der Waals surface area contributed by atoms with Gasteiger partial charge in [-0.25, -0.2) is 18.4 Å². The fraction of sp³-hybridized carbons (Fsp3) is 0.300. The Hall–Kier alpha value is -2.18. The Morgan fingerprint density at radius 1 is 0.786 bits per heavy atom. The van der Waals surface area contributed by atoms with Crippen LogP contribution in [0.1, 0.15) is 45.7 Å². The highest BCUT2D eigenvalue weighted by Crippen LogP contribution is 2.22. The van der Waals surface area contributed by atoms with Crippen molar-refractivity contribution in [1.82, 2.24) is 0 Å². The number of hydrogen-bond acceptors (Lipinski definition) is 4. The molecule has 0 N–H and O–H groups in total. The van der Waals surface area contributed by atoms with E-state index in [1.165, 1.54) is 12.1 Å². The second-order valence-electron chi connectivity index (χ2n) is 5.60. The predicted molar refractivity (Wildman–Crippen MR) is 104 cm³/mol. The minimum absolute atomic E-state index is 0.0755. The van der Waals surface area contributed by atoms with Gasteiger partial charge in [-0.15, -0.1) is 0 Å². The molecule has 2 aromatic rings. The maximum absolute atomic E-state index is 13.0. The van der Waals surface area contributed by atoms with Crippen LogP contribution in [0.25, 0.3) is 0 Å². The number of rotatable bonds is 4. The van der Waals surface area contributed by atoms with E-state index in [0.717, 1.165) is 12.1 Å². The Morgan fingerprint density at radius 2 is 1.11 bits per heavy atom. The van der Waals surface area contributed by atoms with Gasteiger partial charge in [0, 0.05) is 0 Å². The number of aryl methyl sites for hydroxylation is 2. The monoisotopic (exact) mass is 432 g/mol.